The topological polar surface area (TPSA) is 55.2 Å². The number of rotatable bonds is 5. The van der Waals surface area contributed by atoms with Gasteiger partial charge < -0.3 is 5.32 Å². The van der Waals surface area contributed by atoms with E-state index in [9.17, 15) is 10.1 Å². The molecule has 0 saturated carbocycles. The Hall–Kier alpha value is -1.43. The van der Waals surface area contributed by atoms with Gasteiger partial charge in [0.1, 0.15) is 0 Å². The van der Waals surface area contributed by atoms with Gasteiger partial charge in [-0.15, -0.1) is 0 Å². The summed E-state index contributed by atoms with van der Waals surface area (Å²) in [7, 11) is 0. The largest absolute Gasteiger partial charge is 0.308 e. The third-order valence-corrected chi connectivity index (χ3v) is 3.69. The van der Waals surface area contributed by atoms with Crippen LogP contribution in [-0.4, -0.2) is 4.92 Å². The summed E-state index contributed by atoms with van der Waals surface area (Å²) >= 11 is 9.38. The lowest BCUT2D eigenvalue weighted by Gasteiger charge is -2.07. The maximum absolute atomic E-state index is 11.0. The summed E-state index contributed by atoms with van der Waals surface area (Å²) in [6.45, 7) is 0.963. The van der Waals surface area contributed by atoms with E-state index in [0.717, 1.165) is 10.0 Å². The number of nitro benzene ring substituents is 1. The zero-order valence-corrected chi connectivity index (χ0v) is 12.8. The fraction of sp³-hybridized carbons (Fsp3) is 0.143. The molecule has 1 N–H and O–H groups in total. The highest BCUT2D eigenvalue weighted by molar-refractivity contribution is 9.10. The highest BCUT2D eigenvalue weighted by Crippen LogP contribution is 2.23. The van der Waals surface area contributed by atoms with Crippen molar-refractivity contribution in [1.29, 1.82) is 0 Å². The van der Waals surface area contributed by atoms with Crippen LogP contribution in [0.3, 0.4) is 0 Å². The lowest BCUT2D eigenvalue weighted by Crippen LogP contribution is -2.14. The lowest BCUT2D eigenvalue weighted by atomic mass is 10.1. The van der Waals surface area contributed by atoms with E-state index < -0.39 is 0 Å². The molecule has 0 unspecified atom stereocenters. The third kappa shape index (κ3) is 3.79. The standard InChI is InChI=1S/C14H12BrClN2O2/c15-12-5-6-14(18(19)20)11(7-12)9-17-8-10-3-1-2-4-13(10)16/h1-7,17H,8-9H2. The van der Waals surface area contributed by atoms with Crippen LogP contribution >= 0.6 is 27.5 Å². The monoisotopic (exact) mass is 354 g/mol. The molecule has 2 rings (SSSR count). The fourth-order valence-electron chi connectivity index (χ4n) is 1.85. The van der Waals surface area contributed by atoms with Gasteiger partial charge in [-0.1, -0.05) is 45.7 Å². The van der Waals surface area contributed by atoms with Crippen LogP contribution in [0.1, 0.15) is 11.1 Å². The zero-order valence-electron chi connectivity index (χ0n) is 10.5. The first-order chi connectivity index (χ1) is 9.58. The van der Waals surface area contributed by atoms with Gasteiger partial charge in [0.2, 0.25) is 0 Å². The molecule has 6 heteroatoms. The van der Waals surface area contributed by atoms with Crippen LogP contribution in [0.15, 0.2) is 46.9 Å². The van der Waals surface area contributed by atoms with Crippen molar-refractivity contribution in [2.45, 2.75) is 13.1 Å². The molecule has 0 amide bonds. The minimum atomic E-state index is -0.376. The van der Waals surface area contributed by atoms with Gasteiger partial charge >= 0.3 is 0 Å². The summed E-state index contributed by atoms with van der Waals surface area (Å²) in [5.41, 5.74) is 1.71. The van der Waals surface area contributed by atoms with Crippen LogP contribution in [0.2, 0.25) is 5.02 Å². The summed E-state index contributed by atoms with van der Waals surface area (Å²) in [5.74, 6) is 0. The van der Waals surface area contributed by atoms with Gasteiger partial charge in [0.15, 0.2) is 0 Å². The molecular weight excluding hydrogens is 344 g/mol. The molecule has 0 aliphatic rings. The first-order valence-electron chi connectivity index (χ1n) is 5.95. The van der Waals surface area contributed by atoms with Gasteiger partial charge in [0, 0.05) is 34.2 Å². The highest BCUT2D eigenvalue weighted by Gasteiger charge is 2.13. The molecule has 0 heterocycles. The summed E-state index contributed by atoms with van der Waals surface area (Å²) in [4.78, 5) is 10.6. The molecule has 2 aromatic rings. The van der Waals surface area contributed by atoms with Crippen LogP contribution < -0.4 is 5.32 Å². The molecule has 0 aliphatic heterocycles. The van der Waals surface area contributed by atoms with Crippen molar-refractivity contribution in [2.24, 2.45) is 0 Å². The minimum Gasteiger partial charge on any atom is -0.308 e. The van der Waals surface area contributed by atoms with Crippen LogP contribution in [0.4, 0.5) is 5.69 Å². The van der Waals surface area contributed by atoms with Crippen molar-refractivity contribution in [3.63, 3.8) is 0 Å². The molecule has 0 atom stereocenters. The Bertz CT molecular complexity index is 634. The van der Waals surface area contributed by atoms with Crippen LogP contribution in [-0.2, 0) is 13.1 Å². The Morgan fingerprint density at radius 3 is 2.55 bits per heavy atom. The van der Waals surface area contributed by atoms with Crippen molar-refractivity contribution in [3.05, 3.63) is 73.2 Å². The minimum absolute atomic E-state index is 0.111. The summed E-state index contributed by atoms with van der Waals surface area (Å²) in [6, 6.07) is 12.4. The molecule has 0 saturated heterocycles. The molecule has 0 fully saturated rings. The number of benzene rings is 2. The maximum atomic E-state index is 11.0. The van der Waals surface area contributed by atoms with Crippen molar-refractivity contribution in [1.82, 2.24) is 5.32 Å². The van der Waals surface area contributed by atoms with Gasteiger partial charge in [-0.05, 0) is 23.8 Å². The maximum Gasteiger partial charge on any atom is 0.273 e. The quantitative estimate of drug-likeness (QED) is 0.642. The van der Waals surface area contributed by atoms with Crippen molar-refractivity contribution in [2.75, 3.05) is 0 Å². The van der Waals surface area contributed by atoms with E-state index >= 15 is 0 Å². The molecule has 104 valence electrons. The molecule has 2 aromatic carbocycles. The third-order valence-electron chi connectivity index (χ3n) is 2.83. The van der Waals surface area contributed by atoms with E-state index in [0.29, 0.717) is 23.7 Å². The van der Waals surface area contributed by atoms with E-state index in [1.54, 1.807) is 12.1 Å². The molecule has 0 aliphatic carbocycles. The number of halogens is 2. The van der Waals surface area contributed by atoms with E-state index in [1.807, 2.05) is 24.3 Å². The van der Waals surface area contributed by atoms with E-state index in [-0.39, 0.29) is 10.6 Å². The number of nitrogens with one attached hydrogen (secondary N) is 1. The Labute approximate surface area is 130 Å². The Balaban J connectivity index is 2.06. The summed E-state index contributed by atoms with van der Waals surface area (Å²) < 4.78 is 0.817. The predicted octanol–water partition coefficient (Wildman–Crippen LogP) is 4.30. The number of hydrogen-bond donors (Lipinski definition) is 1. The number of hydrogen-bond acceptors (Lipinski definition) is 3. The Morgan fingerprint density at radius 2 is 1.85 bits per heavy atom. The first kappa shape index (κ1) is 15.0. The van der Waals surface area contributed by atoms with Crippen molar-refractivity contribution < 1.29 is 4.92 Å². The van der Waals surface area contributed by atoms with Gasteiger partial charge in [0.25, 0.3) is 5.69 Å². The Morgan fingerprint density at radius 1 is 1.15 bits per heavy atom. The molecule has 0 bridgehead atoms. The molecule has 0 radical (unpaired) electrons. The normalized spacial score (nSPS) is 10.5. The number of nitro groups is 1. The summed E-state index contributed by atoms with van der Waals surface area (Å²) in [6.07, 6.45) is 0. The van der Waals surface area contributed by atoms with Gasteiger partial charge in [0.05, 0.1) is 4.92 Å². The second-order valence-corrected chi connectivity index (χ2v) is 5.55. The smallest absolute Gasteiger partial charge is 0.273 e. The van der Waals surface area contributed by atoms with Crippen LogP contribution in [0.5, 0.6) is 0 Å². The van der Waals surface area contributed by atoms with Gasteiger partial charge in [-0.3, -0.25) is 10.1 Å². The van der Waals surface area contributed by atoms with E-state index in [2.05, 4.69) is 21.2 Å². The molecular formula is C14H12BrClN2O2. The SMILES string of the molecule is O=[N+]([O-])c1ccc(Br)cc1CNCc1ccccc1Cl. The Kier molecular flexibility index (Phi) is 5.11. The average molecular weight is 356 g/mol. The summed E-state index contributed by atoms with van der Waals surface area (Å²) in [5, 5.41) is 14.8. The van der Waals surface area contributed by atoms with Crippen molar-refractivity contribution in [3.8, 4) is 0 Å². The zero-order chi connectivity index (χ0) is 14.5. The molecule has 0 spiro atoms. The van der Waals surface area contributed by atoms with Crippen LogP contribution in [0, 0.1) is 10.1 Å². The predicted molar refractivity (Wildman–Crippen MR) is 82.8 cm³/mol. The second-order valence-electron chi connectivity index (χ2n) is 4.23. The first-order valence-corrected chi connectivity index (χ1v) is 7.12. The van der Waals surface area contributed by atoms with Gasteiger partial charge in [-0.2, -0.15) is 0 Å². The van der Waals surface area contributed by atoms with Crippen LogP contribution in [0.25, 0.3) is 0 Å². The van der Waals surface area contributed by atoms with Gasteiger partial charge in [-0.25, -0.2) is 0 Å². The van der Waals surface area contributed by atoms with E-state index in [1.165, 1.54) is 6.07 Å². The number of nitrogens with zero attached hydrogens (tertiary/aromatic N) is 1. The van der Waals surface area contributed by atoms with Crippen molar-refractivity contribution >= 4 is 33.2 Å². The lowest BCUT2D eigenvalue weighted by molar-refractivity contribution is -0.385. The second kappa shape index (κ2) is 6.83. The molecule has 20 heavy (non-hydrogen) atoms. The fourth-order valence-corrected chi connectivity index (χ4v) is 2.46. The molecule has 4 nitrogen and oxygen atoms in total. The highest BCUT2D eigenvalue weighted by atomic mass is 79.9. The average Bonchev–Trinajstić information content (AvgIpc) is 2.41. The molecule has 0 aromatic heterocycles. The van der Waals surface area contributed by atoms with E-state index in [4.69, 9.17) is 11.6 Å².